The summed E-state index contributed by atoms with van der Waals surface area (Å²) in [6.45, 7) is 0. The fourth-order valence-corrected chi connectivity index (χ4v) is 0.778. The standard InChI is InChI=1S/C7H4.C5H5.Fe.Li/c1-2-7-5-3-4-6-7;1-2-4-5-3-1;;/h3-6H;1-5H;;/q-1;;+2;+1. The van der Waals surface area contributed by atoms with Crippen LogP contribution in [0, 0.1) is 76.0 Å². The van der Waals surface area contributed by atoms with Crippen molar-refractivity contribution in [2.45, 2.75) is 0 Å². The molecule has 14 heavy (non-hydrogen) atoms. The number of rotatable bonds is 0. The van der Waals surface area contributed by atoms with Crippen molar-refractivity contribution in [2.75, 3.05) is 0 Å². The molecule has 0 nitrogen and oxygen atoms in total. The summed E-state index contributed by atoms with van der Waals surface area (Å²) in [5.74, 6) is 3.10. The Bertz CT molecular complexity index is 133. The zero-order chi connectivity index (χ0) is 8.65. The molecular weight excluding hydrogens is 207 g/mol. The van der Waals surface area contributed by atoms with Gasteiger partial charge in [0.05, 0.1) is 0 Å². The average Bonchev–Trinajstić information content (AvgIpc) is 2.81. The van der Waals surface area contributed by atoms with Crippen molar-refractivity contribution in [3.63, 3.8) is 0 Å². The van der Waals surface area contributed by atoms with Crippen LogP contribution in [0.25, 0.3) is 0 Å². The summed E-state index contributed by atoms with van der Waals surface area (Å²) < 4.78 is 0. The molecule has 0 aromatic carbocycles. The predicted octanol–water partition coefficient (Wildman–Crippen LogP) is -0.996. The third-order valence-corrected chi connectivity index (χ3v) is 1.36. The van der Waals surface area contributed by atoms with Crippen LogP contribution >= 0.6 is 0 Å². The number of hydrogen-bond donors (Lipinski definition) is 0. The van der Waals surface area contributed by atoms with Crippen LogP contribution in [0.5, 0.6) is 0 Å². The zero-order valence-corrected chi connectivity index (χ0v) is 9.15. The smallest absolute Gasteiger partial charge is 0.693 e. The van der Waals surface area contributed by atoms with Gasteiger partial charge in [0.15, 0.2) is 0 Å². The van der Waals surface area contributed by atoms with E-state index < -0.39 is 0 Å². The van der Waals surface area contributed by atoms with Crippen molar-refractivity contribution in [1.82, 2.24) is 0 Å². The van der Waals surface area contributed by atoms with E-state index in [0.717, 1.165) is 5.92 Å². The Balaban J connectivity index is 0. The van der Waals surface area contributed by atoms with E-state index in [2.05, 4.69) is 5.92 Å². The van der Waals surface area contributed by atoms with Gasteiger partial charge in [-0.2, -0.15) is 0 Å². The molecule has 2 aliphatic carbocycles. The van der Waals surface area contributed by atoms with Gasteiger partial charge in [-0.25, -0.2) is 0 Å². The van der Waals surface area contributed by atoms with Gasteiger partial charge in [0, 0.05) is 5.92 Å². The minimum absolute atomic E-state index is 0. The monoisotopic (exact) mass is 216 g/mol. The fourth-order valence-electron chi connectivity index (χ4n) is 0.778. The first-order chi connectivity index (χ1) is 5.93. The first-order valence-electron chi connectivity index (χ1n) is 3.74. The van der Waals surface area contributed by atoms with E-state index in [4.69, 9.17) is 6.42 Å². The van der Waals surface area contributed by atoms with E-state index in [1.54, 1.807) is 0 Å². The van der Waals surface area contributed by atoms with E-state index in [9.17, 15) is 0 Å². The summed E-state index contributed by atoms with van der Waals surface area (Å²) in [5, 5.41) is 0. The third kappa shape index (κ3) is 8.02. The third-order valence-electron chi connectivity index (χ3n) is 1.36. The minimum atomic E-state index is 0. The van der Waals surface area contributed by atoms with Gasteiger partial charge in [-0.1, -0.05) is 0 Å². The van der Waals surface area contributed by atoms with Crippen LogP contribution in [-0.4, -0.2) is 0 Å². The summed E-state index contributed by atoms with van der Waals surface area (Å²) in [6, 6.07) is 0. The molecule has 0 atom stereocenters. The second kappa shape index (κ2) is 11.7. The molecule has 2 heteroatoms. The maximum Gasteiger partial charge on any atom is 2.00 e. The first-order valence-corrected chi connectivity index (χ1v) is 3.74. The van der Waals surface area contributed by atoms with Crippen LogP contribution < -0.4 is 18.9 Å². The molecule has 0 saturated heterocycles. The summed E-state index contributed by atoms with van der Waals surface area (Å²) in [4.78, 5) is 0. The molecule has 0 unspecified atom stereocenters. The maximum absolute atomic E-state index is 6.61. The zero-order valence-electron chi connectivity index (χ0n) is 8.05. The molecule has 2 saturated carbocycles. The first kappa shape index (κ1) is 17.1. The van der Waals surface area contributed by atoms with Crippen LogP contribution in [0.3, 0.4) is 0 Å². The molecule has 0 aromatic heterocycles. The molecule has 2 fully saturated rings. The van der Waals surface area contributed by atoms with Crippen LogP contribution in [0.2, 0.25) is 0 Å². The summed E-state index contributed by atoms with van der Waals surface area (Å²) >= 11 is 0. The second-order valence-electron chi connectivity index (χ2n) is 2.26. The van der Waals surface area contributed by atoms with Gasteiger partial charge in [0.1, 0.15) is 0 Å². The van der Waals surface area contributed by atoms with Gasteiger partial charge in [0.25, 0.3) is 0 Å². The van der Waals surface area contributed by atoms with Gasteiger partial charge in [-0.15, -0.1) is 0 Å². The molecule has 2 rings (SSSR count). The van der Waals surface area contributed by atoms with E-state index in [-0.39, 0.29) is 35.9 Å². The van der Waals surface area contributed by atoms with Crippen LogP contribution in [-0.2, 0) is 17.1 Å². The molecule has 0 aliphatic heterocycles. The molecule has 0 heterocycles. The summed E-state index contributed by atoms with van der Waals surface area (Å²) in [7, 11) is 0. The Kier molecular flexibility index (Phi) is 14.3. The van der Waals surface area contributed by atoms with Crippen molar-refractivity contribution in [3.8, 4) is 5.92 Å². The minimum Gasteiger partial charge on any atom is -0.693 e. The van der Waals surface area contributed by atoms with Crippen LogP contribution in [0.15, 0.2) is 0 Å². The van der Waals surface area contributed by atoms with E-state index in [1.165, 1.54) is 0 Å². The quantitative estimate of drug-likeness (QED) is 0.277. The van der Waals surface area contributed by atoms with Crippen molar-refractivity contribution >= 4 is 0 Å². The van der Waals surface area contributed by atoms with E-state index >= 15 is 0 Å². The van der Waals surface area contributed by atoms with Gasteiger partial charge < -0.3 is 12.3 Å². The molecule has 0 amide bonds. The molecule has 64 valence electrons. The summed E-state index contributed by atoms with van der Waals surface area (Å²) in [5.41, 5.74) is 0. The molecule has 0 bridgehead atoms. The maximum atomic E-state index is 6.61. The largest absolute Gasteiger partial charge is 2.00 e. The second-order valence-corrected chi connectivity index (χ2v) is 2.26. The Labute approximate surface area is 112 Å². The Morgan fingerprint density at radius 3 is 1.36 bits per heavy atom. The molecule has 0 N–H and O–H groups in total. The summed E-state index contributed by atoms with van der Waals surface area (Å²) in [6.07, 6.45) is 24.1. The van der Waals surface area contributed by atoms with Gasteiger partial charge >= 0.3 is 35.9 Å². The Hall–Kier alpha value is 0.677. The van der Waals surface area contributed by atoms with Crippen molar-refractivity contribution in [1.29, 1.82) is 0 Å². The van der Waals surface area contributed by atoms with Crippen molar-refractivity contribution < 1.29 is 35.9 Å². The average molecular weight is 216 g/mol. The van der Waals surface area contributed by atoms with E-state index in [0.29, 0.717) is 0 Å². The van der Waals surface area contributed by atoms with Crippen molar-refractivity contribution in [3.05, 3.63) is 70.1 Å². The normalized spacial score (nSPS) is 19.6. The molecular formula is C12H9FeLi+2. The van der Waals surface area contributed by atoms with Gasteiger partial charge in [-0.3, -0.25) is 0 Å². The van der Waals surface area contributed by atoms with Crippen molar-refractivity contribution in [2.24, 2.45) is 0 Å². The van der Waals surface area contributed by atoms with Gasteiger partial charge in [0.2, 0.25) is 0 Å². The fraction of sp³-hybridized carbons (Fsp3) is 0. The predicted molar refractivity (Wildman–Crippen MR) is 49.1 cm³/mol. The number of hydrogen-bond acceptors (Lipinski definition) is 0. The SMILES string of the molecule is [C-]#C[C]1[CH][CH][CH][CH]1.[CH]1[CH][CH][CH][CH]1.[Fe+2].[Li+]. The molecule has 0 spiro atoms. The van der Waals surface area contributed by atoms with E-state index in [1.807, 2.05) is 57.8 Å². The molecule has 2 aliphatic rings. The van der Waals surface area contributed by atoms with Crippen LogP contribution in [0.1, 0.15) is 0 Å². The molecule has 10 radical (unpaired) electrons. The van der Waals surface area contributed by atoms with Gasteiger partial charge in [-0.05, 0) is 57.8 Å². The topological polar surface area (TPSA) is 0 Å². The Morgan fingerprint density at radius 1 is 0.786 bits per heavy atom. The Morgan fingerprint density at radius 2 is 1.14 bits per heavy atom. The van der Waals surface area contributed by atoms with Crippen LogP contribution in [0.4, 0.5) is 0 Å². The molecule has 0 aromatic rings.